The van der Waals surface area contributed by atoms with E-state index >= 15 is 0 Å². The van der Waals surface area contributed by atoms with Gasteiger partial charge in [0.1, 0.15) is 0 Å². The maximum Gasteiger partial charge on any atom is 0.273 e. The van der Waals surface area contributed by atoms with Crippen LogP contribution in [0.2, 0.25) is 0 Å². The highest BCUT2D eigenvalue weighted by Gasteiger charge is 2.17. The van der Waals surface area contributed by atoms with Crippen molar-refractivity contribution in [3.8, 4) is 5.69 Å². The summed E-state index contributed by atoms with van der Waals surface area (Å²) in [6.45, 7) is 3.67. The number of nitrogens with one attached hydrogen (secondary N) is 2. The van der Waals surface area contributed by atoms with E-state index in [0.717, 1.165) is 11.3 Å². The van der Waals surface area contributed by atoms with Crippen molar-refractivity contribution in [3.63, 3.8) is 0 Å². The van der Waals surface area contributed by atoms with E-state index in [1.165, 1.54) is 17.1 Å². The van der Waals surface area contributed by atoms with Gasteiger partial charge >= 0.3 is 0 Å². The lowest BCUT2D eigenvalue weighted by atomic mass is 10.1. The Morgan fingerprint density at radius 2 is 1.74 bits per heavy atom. The van der Waals surface area contributed by atoms with E-state index in [1.807, 2.05) is 60.7 Å². The molecule has 2 N–H and O–H groups in total. The van der Waals surface area contributed by atoms with Crippen LogP contribution in [0.25, 0.3) is 5.69 Å². The van der Waals surface area contributed by atoms with Crippen LogP contribution in [0, 0.1) is 0 Å². The number of aromatic nitrogens is 3. The van der Waals surface area contributed by atoms with Crippen LogP contribution < -0.4 is 10.6 Å². The number of hydrogen-bond donors (Lipinski definition) is 2. The smallest absolute Gasteiger partial charge is 0.273 e. The molecule has 3 rings (SSSR count). The highest BCUT2D eigenvalue weighted by Crippen LogP contribution is 2.12. The van der Waals surface area contributed by atoms with E-state index < -0.39 is 0 Å². The Morgan fingerprint density at radius 3 is 2.41 bits per heavy atom. The van der Waals surface area contributed by atoms with Gasteiger partial charge in [0.25, 0.3) is 5.91 Å². The van der Waals surface area contributed by atoms with Crippen molar-refractivity contribution >= 4 is 11.8 Å². The summed E-state index contributed by atoms with van der Waals surface area (Å²) in [6.07, 6.45) is 2.60. The first-order chi connectivity index (χ1) is 13.2. The van der Waals surface area contributed by atoms with Crippen LogP contribution >= 0.6 is 0 Å². The second-order valence-corrected chi connectivity index (χ2v) is 5.74. The average Bonchev–Trinajstić information content (AvgIpc) is 3.22. The molecule has 136 valence electrons. The molecule has 0 saturated carbocycles. The summed E-state index contributed by atoms with van der Waals surface area (Å²) < 4.78 is 0. The molecule has 0 spiro atoms. The zero-order valence-corrected chi connectivity index (χ0v) is 14.6. The fraction of sp³-hybridized carbons (Fsp3) is 0.100. The lowest BCUT2D eigenvalue weighted by molar-refractivity contribution is -0.117. The van der Waals surface area contributed by atoms with Gasteiger partial charge in [-0.05, 0) is 23.8 Å². The number of amides is 2. The van der Waals surface area contributed by atoms with Crippen LogP contribution in [-0.4, -0.2) is 33.4 Å². The first-order valence-electron chi connectivity index (χ1n) is 8.41. The molecule has 0 aliphatic heterocycles. The van der Waals surface area contributed by atoms with Gasteiger partial charge in [0.2, 0.25) is 5.91 Å². The Kier molecular flexibility index (Phi) is 5.73. The summed E-state index contributed by atoms with van der Waals surface area (Å²) in [6, 6.07) is 18.3. The van der Waals surface area contributed by atoms with Crippen molar-refractivity contribution < 1.29 is 9.59 Å². The maximum atomic E-state index is 12.4. The molecule has 0 aliphatic carbocycles. The molecule has 1 unspecified atom stereocenters. The Hall–Kier alpha value is -3.74. The zero-order valence-electron chi connectivity index (χ0n) is 14.6. The standard InChI is InChI=1S/C20H19N5O2/c1-2-19(26)23-17(15-9-5-3-6-10-15)13-21-20(27)18-14-22-25(24-18)16-11-7-4-8-12-16/h2-12,14,17H,1,13H2,(H,21,27)(H,23,26). The minimum absolute atomic E-state index is 0.195. The van der Waals surface area contributed by atoms with Crippen LogP contribution in [-0.2, 0) is 4.79 Å². The number of hydrogen-bond acceptors (Lipinski definition) is 4. The van der Waals surface area contributed by atoms with Crippen molar-refractivity contribution in [2.24, 2.45) is 0 Å². The van der Waals surface area contributed by atoms with E-state index in [1.54, 1.807) is 0 Å². The van der Waals surface area contributed by atoms with E-state index in [4.69, 9.17) is 0 Å². The molecule has 0 fully saturated rings. The van der Waals surface area contributed by atoms with Gasteiger partial charge in [-0.3, -0.25) is 9.59 Å². The van der Waals surface area contributed by atoms with Crippen molar-refractivity contribution in [1.29, 1.82) is 0 Å². The predicted octanol–water partition coefficient (Wildman–Crippen LogP) is 2.04. The third kappa shape index (κ3) is 4.66. The van der Waals surface area contributed by atoms with Gasteiger partial charge in [-0.25, -0.2) is 0 Å². The second kappa shape index (κ2) is 8.57. The fourth-order valence-corrected chi connectivity index (χ4v) is 2.51. The largest absolute Gasteiger partial charge is 0.348 e. The van der Waals surface area contributed by atoms with E-state index in [2.05, 4.69) is 27.4 Å². The molecule has 2 amide bonds. The molecule has 1 heterocycles. The van der Waals surface area contributed by atoms with Gasteiger partial charge in [0, 0.05) is 6.54 Å². The number of nitrogens with zero attached hydrogens (tertiary/aromatic N) is 3. The maximum absolute atomic E-state index is 12.4. The number of carbonyl (C=O) groups is 2. The summed E-state index contributed by atoms with van der Waals surface area (Å²) in [7, 11) is 0. The highest BCUT2D eigenvalue weighted by molar-refractivity contribution is 5.92. The van der Waals surface area contributed by atoms with Crippen molar-refractivity contribution in [2.75, 3.05) is 6.54 Å². The molecule has 2 aromatic carbocycles. The van der Waals surface area contributed by atoms with Crippen molar-refractivity contribution in [3.05, 3.63) is 90.8 Å². The monoisotopic (exact) mass is 361 g/mol. The normalized spacial score (nSPS) is 11.4. The Bertz CT molecular complexity index is 922. The Morgan fingerprint density at radius 1 is 1.07 bits per heavy atom. The molecule has 7 nitrogen and oxygen atoms in total. The summed E-state index contributed by atoms with van der Waals surface area (Å²) in [5.74, 6) is -0.681. The van der Waals surface area contributed by atoms with E-state index in [0.29, 0.717) is 0 Å². The summed E-state index contributed by atoms with van der Waals surface area (Å²) in [5.41, 5.74) is 1.83. The third-order valence-corrected chi connectivity index (χ3v) is 3.88. The topological polar surface area (TPSA) is 88.9 Å². The van der Waals surface area contributed by atoms with Crippen LogP contribution in [0.1, 0.15) is 22.1 Å². The molecule has 1 aromatic heterocycles. The number of carbonyl (C=O) groups excluding carboxylic acids is 2. The quantitative estimate of drug-likeness (QED) is 0.630. The molecule has 27 heavy (non-hydrogen) atoms. The molecule has 1 atom stereocenters. The van der Waals surface area contributed by atoms with Crippen LogP contribution in [0.4, 0.5) is 0 Å². The van der Waals surface area contributed by atoms with Gasteiger partial charge in [0.05, 0.1) is 17.9 Å². The van der Waals surface area contributed by atoms with Gasteiger partial charge in [-0.15, -0.1) is 5.10 Å². The van der Waals surface area contributed by atoms with Crippen LogP contribution in [0.3, 0.4) is 0 Å². The minimum Gasteiger partial charge on any atom is -0.348 e. The summed E-state index contributed by atoms with van der Waals surface area (Å²) in [4.78, 5) is 25.5. The summed E-state index contributed by atoms with van der Waals surface area (Å²) in [5, 5.41) is 13.9. The SMILES string of the molecule is C=CC(=O)NC(CNC(=O)c1cnn(-c2ccccc2)n1)c1ccccc1. The lowest BCUT2D eigenvalue weighted by Gasteiger charge is -2.18. The molecule has 0 aliphatic rings. The first kappa shape index (κ1) is 18.1. The molecule has 0 saturated heterocycles. The predicted molar refractivity (Wildman–Crippen MR) is 101 cm³/mol. The number of benzene rings is 2. The van der Waals surface area contributed by atoms with Crippen molar-refractivity contribution in [1.82, 2.24) is 25.6 Å². The highest BCUT2D eigenvalue weighted by atomic mass is 16.2. The molecule has 0 bridgehead atoms. The van der Waals surface area contributed by atoms with E-state index in [-0.39, 0.29) is 30.1 Å². The average molecular weight is 361 g/mol. The van der Waals surface area contributed by atoms with Crippen molar-refractivity contribution in [2.45, 2.75) is 6.04 Å². The van der Waals surface area contributed by atoms with Crippen LogP contribution in [0.15, 0.2) is 79.5 Å². The molecule has 0 radical (unpaired) electrons. The number of rotatable bonds is 7. The number of para-hydroxylation sites is 1. The zero-order chi connectivity index (χ0) is 19.1. The molecule has 3 aromatic rings. The van der Waals surface area contributed by atoms with Gasteiger partial charge in [0.15, 0.2) is 5.69 Å². The van der Waals surface area contributed by atoms with Gasteiger partial charge in [-0.1, -0.05) is 55.1 Å². The fourth-order valence-electron chi connectivity index (χ4n) is 2.51. The van der Waals surface area contributed by atoms with Gasteiger partial charge in [-0.2, -0.15) is 9.90 Å². The molecular formula is C20H19N5O2. The first-order valence-corrected chi connectivity index (χ1v) is 8.41. The molecule has 7 heteroatoms. The van der Waals surface area contributed by atoms with Gasteiger partial charge < -0.3 is 10.6 Å². The third-order valence-electron chi connectivity index (χ3n) is 3.88. The Balaban J connectivity index is 1.68. The molecular weight excluding hydrogens is 342 g/mol. The Labute approximate surface area is 156 Å². The minimum atomic E-state index is -0.384. The summed E-state index contributed by atoms with van der Waals surface area (Å²) >= 11 is 0. The second-order valence-electron chi connectivity index (χ2n) is 5.74. The van der Waals surface area contributed by atoms with Crippen LogP contribution in [0.5, 0.6) is 0 Å². The lowest BCUT2D eigenvalue weighted by Crippen LogP contribution is -2.37. The van der Waals surface area contributed by atoms with E-state index in [9.17, 15) is 9.59 Å².